The summed E-state index contributed by atoms with van der Waals surface area (Å²) >= 11 is 5.55. The van der Waals surface area contributed by atoms with Crippen LogP contribution in [0.1, 0.15) is 0 Å². The van der Waals surface area contributed by atoms with Gasteiger partial charge >= 0.3 is 0 Å². The largest absolute Gasteiger partial charge is 0.508 e. The van der Waals surface area contributed by atoms with E-state index < -0.39 is 5.82 Å². The van der Waals surface area contributed by atoms with Crippen molar-refractivity contribution < 1.29 is 14.6 Å². The first kappa shape index (κ1) is 9.09. The molecule has 0 aliphatic carbocycles. The Morgan fingerprint density at radius 2 is 1.79 bits per heavy atom. The third-order valence-corrected chi connectivity index (χ3v) is 2.25. The van der Waals surface area contributed by atoms with Gasteiger partial charge in [0.1, 0.15) is 17.3 Å². The molecule has 0 fully saturated rings. The molecule has 0 saturated heterocycles. The van der Waals surface area contributed by atoms with Crippen molar-refractivity contribution in [2.24, 2.45) is 0 Å². The van der Waals surface area contributed by atoms with E-state index in [2.05, 4.69) is 0 Å². The van der Waals surface area contributed by atoms with Crippen LogP contribution >= 0.6 is 11.6 Å². The Morgan fingerprint density at radius 1 is 1.07 bits per heavy atom. The molecule has 14 heavy (non-hydrogen) atoms. The molecule has 0 saturated carbocycles. The predicted octanol–water partition coefficient (Wildman–Crippen LogP) is 3.04. The number of phenols is 2. The minimum Gasteiger partial charge on any atom is -0.508 e. The van der Waals surface area contributed by atoms with E-state index in [1.165, 1.54) is 12.1 Å². The van der Waals surface area contributed by atoms with Crippen molar-refractivity contribution in [2.75, 3.05) is 0 Å². The van der Waals surface area contributed by atoms with Crippen molar-refractivity contribution in [1.29, 1.82) is 0 Å². The van der Waals surface area contributed by atoms with Gasteiger partial charge in [0.2, 0.25) is 0 Å². The lowest BCUT2D eigenvalue weighted by atomic mass is 10.1. The lowest BCUT2D eigenvalue weighted by molar-refractivity contribution is 0.455. The molecule has 0 bridgehead atoms. The van der Waals surface area contributed by atoms with E-state index in [1.54, 1.807) is 0 Å². The van der Waals surface area contributed by atoms with Crippen LogP contribution in [0.25, 0.3) is 10.8 Å². The Labute approximate surface area is 84.2 Å². The SMILES string of the molecule is Oc1cc(O)c2cc(F)c(Cl)cc2c1. The van der Waals surface area contributed by atoms with Crippen LogP contribution in [-0.4, -0.2) is 10.2 Å². The van der Waals surface area contributed by atoms with Gasteiger partial charge in [0.25, 0.3) is 0 Å². The highest BCUT2D eigenvalue weighted by atomic mass is 35.5. The molecule has 0 heterocycles. The second kappa shape index (κ2) is 3.03. The number of aromatic hydroxyl groups is 2. The van der Waals surface area contributed by atoms with E-state index in [1.807, 2.05) is 0 Å². The van der Waals surface area contributed by atoms with Gasteiger partial charge < -0.3 is 10.2 Å². The van der Waals surface area contributed by atoms with Gasteiger partial charge in [-0.25, -0.2) is 4.39 Å². The first-order valence-corrected chi connectivity index (χ1v) is 4.26. The normalized spacial score (nSPS) is 10.7. The average Bonchev–Trinajstić information content (AvgIpc) is 2.08. The number of halogens is 2. The quantitative estimate of drug-likeness (QED) is 0.705. The topological polar surface area (TPSA) is 40.5 Å². The summed E-state index contributed by atoms with van der Waals surface area (Å²) in [4.78, 5) is 0. The highest BCUT2D eigenvalue weighted by Crippen LogP contribution is 2.32. The van der Waals surface area contributed by atoms with E-state index in [9.17, 15) is 14.6 Å². The van der Waals surface area contributed by atoms with Gasteiger partial charge in [0.15, 0.2) is 0 Å². The van der Waals surface area contributed by atoms with Crippen LogP contribution in [0.3, 0.4) is 0 Å². The second-order valence-corrected chi connectivity index (χ2v) is 3.36. The lowest BCUT2D eigenvalue weighted by Crippen LogP contribution is -1.80. The Kier molecular flexibility index (Phi) is 1.97. The highest BCUT2D eigenvalue weighted by Gasteiger charge is 2.07. The minimum absolute atomic E-state index is 0.0394. The van der Waals surface area contributed by atoms with Crippen molar-refractivity contribution in [3.63, 3.8) is 0 Å². The van der Waals surface area contributed by atoms with E-state index in [-0.39, 0.29) is 16.5 Å². The zero-order chi connectivity index (χ0) is 10.3. The van der Waals surface area contributed by atoms with Crippen LogP contribution in [-0.2, 0) is 0 Å². The van der Waals surface area contributed by atoms with Crippen molar-refractivity contribution in [1.82, 2.24) is 0 Å². The zero-order valence-electron chi connectivity index (χ0n) is 6.96. The molecule has 0 aliphatic rings. The fraction of sp³-hybridized carbons (Fsp3) is 0. The van der Waals surface area contributed by atoms with Crippen LogP contribution < -0.4 is 0 Å². The van der Waals surface area contributed by atoms with Gasteiger partial charge in [0, 0.05) is 11.5 Å². The van der Waals surface area contributed by atoms with Gasteiger partial charge in [0.05, 0.1) is 5.02 Å². The summed E-state index contributed by atoms with van der Waals surface area (Å²) in [5, 5.41) is 19.4. The molecule has 0 atom stereocenters. The summed E-state index contributed by atoms with van der Waals surface area (Å²) in [6, 6.07) is 5.04. The minimum atomic E-state index is -0.597. The van der Waals surface area contributed by atoms with Crippen LogP contribution in [0.2, 0.25) is 5.02 Å². The molecule has 72 valence electrons. The van der Waals surface area contributed by atoms with Crippen molar-refractivity contribution >= 4 is 22.4 Å². The van der Waals surface area contributed by atoms with E-state index >= 15 is 0 Å². The number of fused-ring (bicyclic) bond motifs is 1. The number of hydrogen-bond donors (Lipinski definition) is 2. The summed E-state index contributed by atoms with van der Waals surface area (Å²) in [7, 11) is 0. The monoisotopic (exact) mass is 212 g/mol. The standard InChI is InChI=1S/C10H6ClFO2/c11-8-2-5-1-6(13)3-10(14)7(5)4-9(8)12/h1-4,13-14H. The van der Waals surface area contributed by atoms with Gasteiger partial charge in [-0.05, 0) is 23.6 Å². The molecule has 0 spiro atoms. The number of benzene rings is 2. The smallest absolute Gasteiger partial charge is 0.142 e. The molecule has 2 rings (SSSR count). The number of hydrogen-bond acceptors (Lipinski definition) is 2. The molecule has 2 aromatic carbocycles. The summed E-state index contributed by atoms with van der Waals surface area (Å²) in [6.45, 7) is 0. The van der Waals surface area contributed by atoms with Crippen LogP contribution in [0.15, 0.2) is 24.3 Å². The average molecular weight is 213 g/mol. The summed E-state index contributed by atoms with van der Waals surface area (Å²) in [6.07, 6.45) is 0. The predicted molar refractivity (Wildman–Crippen MR) is 52.2 cm³/mol. The van der Waals surface area contributed by atoms with E-state index in [0.29, 0.717) is 10.8 Å². The molecule has 0 aromatic heterocycles. The summed E-state index contributed by atoms with van der Waals surface area (Å²) in [5.41, 5.74) is 0. The molecule has 2 N–H and O–H groups in total. The molecular formula is C10H6ClFO2. The van der Waals surface area contributed by atoms with Gasteiger partial charge in [-0.15, -0.1) is 0 Å². The molecule has 0 amide bonds. The van der Waals surface area contributed by atoms with Gasteiger partial charge in [-0.2, -0.15) is 0 Å². The fourth-order valence-corrected chi connectivity index (χ4v) is 1.49. The Morgan fingerprint density at radius 3 is 2.50 bits per heavy atom. The second-order valence-electron chi connectivity index (χ2n) is 2.95. The zero-order valence-corrected chi connectivity index (χ0v) is 7.72. The van der Waals surface area contributed by atoms with Crippen LogP contribution in [0, 0.1) is 5.82 Å². The molecular weight excluding hydrogens is 207 g/mol. The van der Waals surface area contributed by atoms with E-state index in [0.717, 1.165) is 12.1 Å². The molecule has 0 aliphatic heterocycles. The summed E-state index contributed by atoms with van der Waals surface area (Å²) in [5.74, 6) is -0.853. The molecule has 0 radical (unpaired) electrons. The first-order chi connectivity index (χ1) is 6.58. The Bertz CT molecular complexity index is 511. The van der Waals surface area contributed by atoms with E-state index in [4.69, 9.17) is 11.6 Å². The fourth-order valence-electron chi connectivity index (χ4n) is 1.32. The molecule has 2 aromatic rings. The first-order valence-electron chi connectivity index (χ1n) is 3.88. The maximum atomic E-state index is 13.0. The number of rotatable bonds is 0. The Hall–Kier alpha value is -1.48. The maximum absolute atomic E-state index is 13.0. The molecule has 2 nitrogen and oxygen atoms in total. The lowest BCUT2D eigenvalue weighted by Gasteiger charge is -2.03. The maximum Gasteiger partial charge on any atom is 0.142 e. The summed E-state index contributed by atoms with van der Waals surface area (Å²) < 4.78 is 13.0. The highest BCUT2D eigenvalue weighted by molar-refractivity contribution is 6.31. The molecule has 4 heteroatoms. The van der Waals surface area contributed by atoms with Crippen molar-refractivity contribution in [2.45, 2.75) is 0 Å². The van der Waals surface area contributed by atoms with Gasteiger partial charge in [-0.3, -0.25) is 0 Å². The van der Waals surface area contributed by atoms with Crippen LogP contribution in [0.5, 0.6) is 11.5 Å². The third-order valence-electron chi connectivity index (χ3n) is 1.96. The third kappa shape index (κ3) is 1.36. The van der Waals surface area contributed by atoms with Crippen molar-refractivity contribution in [3.8, 4) is 11.5 Å². The number of phenolic OH excluding ortho intramolecular Hbond substituents is 2. The Balaban J connectivity index is 2.89. The van der Waals surface area contributed by atoms with Gasteiger partial charge in [-0.1, -0.05) is 11.6 Å². The van der Waals surface area contributed by atoms with Crippen molar-refractivity contribution in [3.05, 3.63) is 35.1 Å². The molecule has 0 unspecified atom stereocenters. The van der Waals surface area contributed by atoms with Crippen LogP contribution in [0.4, 0.5) is 4.39 Å².